The van der Waals surface area contributed by atoms with Crippen LogP contribution in [0.25, 0.3) is 0 Å². The Hall–Kier alpha value is -3.09. The van der Waals surface area contributed by atoms with Crippen LogP contribution in [0.5, 0.6) is 0 Å². The topological polar surface area (TPSA) is 116 Å². The second-order valence-corrected chi connectivity index (χ2v) is 13.8. The number of hydrogen-bond donors (Lipinski definition) is 1. The predicted molar refractivity (Wildman–Crippen MR) is 149 cm³/mol. The lowest BCUT2D eigenvalue weighted by Gasteiger charge is -2.16. The Morgan fingerprint density at radius 2 is 1.41 bits per heavy atom. The summed E-state index contributed by atoms with van der Waals surface area (Å²) in [6.07, 6.45) is 13.5. The van der Waals surface area contributed by atoms with Crippen LogP contribution in [-0.2, 0) is 19.5 Å². The van der Waals surface area contributed by atoms with Crippen LogP contribution >= 0.6 is 0 Å². The summed E-state index contributed by atoms with van der Waals surface area (Å²) >= 11 is 0. The van der Waals surface area contributed by atoms with Gasteiger partial charge in [0.05, 0.1) is 12.7 Å². The molecule has 1 N–H and O–H groups in total. The van der Waals surface area contributed by atoms with E-state index in [1.807, 2.05) is 10.9 Å². The van der Waals surface area contributed by atoms with Gasteiger partial charge in [-0.2, -0.15) is 9.90 Å². The molecule has 0 spiro atoms. The first-order chi connectivity index (χ1) is 16.8. The Balaban J connectivity index is 0.000000472. The standard InChI is InChI=1S/2C7H13N3.C7H12.C6H12N4/c1-7(2,3)4-6-8-5-9-10-6;1-7(2,3)6-10-5-4-8-9-10;1-5-6-7(2,3)4;1-6(2,3)4-10-8-5-7-9-10/h5H,4H2,1-3H3,(H,8,9,10);4-5H,6H2,1-3H3;1H,6H2,2-4H3;5H,4H2,1-3H3. The Kier molecular flexibility index (Phi) is 14.0. The number of nitrogens with one attached hydrogen (secondary N) is 1. The van der Waals surface area contributed by atoms with Crippen LogP contribution in [0.1, 0.15) is 95.3 Å². The summed E-state index contributed by atoms with van der Waals surface area (Å²) in [4.78, 5) is 5.63. The maximum atomic E-state index is 5.06. The SMILES string of the molecule is C#CCC(C)(C)C.CC(C)(C)Cc1ncn[nH]1.CC(C)(C)Cn1ccnn1.CC(C)(C)Cn1ncnn1. The van der Waals surface area contributed by atoms with Gasteiger partial charge in [0.1, 0.15) is 12.2 Å². The minimum atomic E-state index is 0.223. The van der Waals surface area contributed by atoms with Crippen LogP contribution in [-0.4, -0.2) is 50.4 Å². The fourth-order valence-electron chi connectivity index (χ4n) is 2.61. The van der Waals surface area contributed by atoms with Gasteiger partial charge in [-0.25, -0.2) is 4.98 Å². The molecule has 208 valence electrons. The molecule has 10 nitrogen and oxygen atoms in total. The van der Waals surface area contributed by atoms with E-state index in [9.17, 15) is 0 Å². The van der Waals surface area contributed by atoms with E-state index in [1.54, 1.807) is 17.3 Å². The first kappa shape index (κ1) is 33.9. The number of hydrogen-bond acceptors (Lipinski definition) is 7. The van der Waals surface area contributed by atoms with Crippen LogP contribution in [0.15, 0.2) is 25.0 Å². The molecule has 0 unspecified atom stereocenters. The minimum Gasteiger partial charge on any atom is -0.263 e. The van der Waals surface area contributed by atoms with Gasteiger partial charge in [-0.1, -0.05) is 88.3 Å². The van der Waals surface area contributed by atoms with E-state index in [1.165, 1.54) is 6.33 Å². The second kappa shape index (κ2) is 15.2. The highest BCUT2D eigenvalue weighted by molar-refractivity contribution is 4.88. The summed E-state index contributed by atoms with van der Waals surface area (Å²) in [5.41, 5.74) is 1.11. The molecule has 0 amide bonds. The van der Waals surface area contributed by atoms with Crippen LogP contribution in [0, 0.1) is 34.0 Å². The van der Waals surface area contributed by atoms with Crippen molar-refractivity contribution in [2.75, 3.05) is 0 Å². The number of nitrogens with zero attached hydrogens (tertiary/aromatic N) is 9. The van der Waals surface area contributed by atoms with Gasteiger partial charge >= 0.3 is 0 Å². The van der Waals surface area contributed by atoms with Crippen molar-refractivity contribution in [3.05, 3.63) is 30.9 Å². The third-order valence-electron chi connectivity index (χ3n) is 3.91. The maximum Gasteiger partial charge on any atom is 0.162 e. The highest BCUT2D eigenvalue weighted by Gasteiger charge is 2.13. The number of rotatable bonds is 3. The highest BCUT2D eigenvalue weighted by atomic mass is 15.6. The van der Waals surface area contributed by atoms with E-state index < -0.39 is 0 Å². The van der Waals surface area contributed by atoms with Crippen LogP contribution < -0.4 is 0 Å². The lowest BCUT2D eigenvalue weighted by atomic mass is 9.92. The predicted octanol–water partition coefficient (Wildman–Crippen LogP) is 5.49. The molecule has 3 aromatic heterocycles. The summed E-state index contributed by atoms with van der Waals surface area (Å²) in [5, 5.41) is 25.5. The average Bonchev–Trinajstić information content (AvgIpc) is 3.43. The summed E-state index contributed by atoms with van der Waals surface area (Å²) in [6.45, 7) is 27.6. The van der Waals surface area contributed by atoms with Crippen molar-refractivity contribution in [2.45, 2.75) is 109 Å². The summed E-state index contributed by atoms with van der Waals surface area (Å²) < 4.78 is 1.85. The molecule has 3 aromatic rings. The number of aromatic amines is 1. The molecule has 0 radical (unpaired) electrons. The summed E-state index contributed by atoms with van der Waals surface area (Å²) in [5.74, 6) is 3.57. The lowest BCUT2D eigenvalue weighted by molar-refractivity contribution is 0.299. The van der Waals surface area contributed by atoms with Crippen LogP contribution in [0.2, 0.25) is 0 Å². The third-order valence-corrected chi connectivity index (χ3v) is 3.91. The van der Waals surface area contributed by atoms with E-state index >= 15 is 0 Å². The van der Waals surface area contributed by atoms with E-state index in [0.717, 1.165) is 31.8 Å². The van der Waals surface area contributed by atoms with Crippen molar-refractivity contribution >= 4 is 0 Å². The van der Waals surface area contributed by atoms with Crippen LogP contribution in [0.4, 0.5) is 0 Å². The number of terminal acetylenes is 1. The van der Waals surface area contributed by atoms with E-state index in [4.69, 9.17) is 6.42 Å². The Bertz CT molecular complexity index is 845. The lowest BCUT2D eigenvalue weighted by Crippen LogP contribution is -2.17. The Morgan fingerprint density at radius 3 is 1.73 bits per heavy atom. The first-order valence-corrected chi connectivity index (χ1v) is 12.6. The van der Waals surface area contributed by atoms with Gasteiger partial charge in [0.2, 0.25) is 0 Å². The minimum absolute atomic E-state index is 0.223. The van der Waals surface area contributed by atoms with Gasteiger partial charge in [0.15, 0.2) is 6.33 Å². The smallest absolute Gasteiger partial charge is 0.162 e. The monoisotopic (exact) mass is 514 g/mol. The molecule has 0 bridgehead atoms. The molecule has 37 heavy (non-hydrogen) atoms. The molecule has 0 saturated heterocycles. The molecule has 10 heteroatoms. The zero-order valence-corrected chi connectivity index (χ0v) is 25.2. The van der Waals surface area contributed by atoms with Gasteiger partial charge in [-0.3, -0.25) is 9.78 Å². The molecular formula is C27H50N10. The van der Waals surface area contributed by atoms with Gasteiger partial charge < -0.3 is 0 Å². The second-order valence-electron chi connectivity index (χ2n) is 13.8. The van der Waals surface area contributed by atoms with Gasteiger partial charge in [0.25, 0.3) is 0 Å². The number of aromatic nitrogens is 10. The fraction of sp³-hybridized carbons (Fsp3) is 0.741. The molecule has 0 fully saturated rings. The fourth-order valence-corrected chi connectivity index (χ4v) is 2.61. The maximum absolute atomic E-state index is 5.06. The average molecular weight is 515 g/mol. The van der Waals surface area contributed by atoms with Crippen LogP contribution in [0.3, 0.4) is 0 Å². The normalized spacial score (nSPS) is 11.6. The molecule has 0 atom stereocenters. The van der Waals surface area contributed by atoms with Gasteiger partial charge in [-0.05, 0) is 26.9 Å². The molecule has 0 aliphatic carbocycles. The summed E-state index contributed by atoms with van der Waals surface area (Å²) in [7, 11) is 0. The highest BCUT2D eigenvalue weighted by Crippen LogP contribution is 2.17. The van der Waals surface area contributed by atoms with Crippen molar-refractivity contribution < 1.29 is 0 Å². The zero-order chi connectivity index (χ0) is 28.8. The third kappa shape index (κ3) is 23.1. The summed E-state index contributed by atoms with van der Waals surface area (Å²) in [6, 6.07) is 0. The quantitative estimate of drug-likeness (QED) is 0.459. The Morgan fingerprint density at radius 1 is 0.784 bits per heavy atom. The van der Waals surface area contributed by atoms with Crippen molar-refractivity contribution in [3.8, 4) is 12.3 Å². The molecule has 0 aliphatic heterocycles. The first-order valence-electron chi connectivity index (χ1n) is 12.6. The largest absolute Gasteiger partial charge is 0.263 e. The molecule has 0 saturated carbocycles. The van der Waals surface area contributed by atoms with Gasteiger partial charge in [0, 0.05) is 25.6 Å². The van der Waals surface area contributed by atoms with E-state index in [2.05, 4.69) is 130 Å². The van der Waals surface area contributed by atoms with Gasteiger partial charge in [-0.15, -0.1) is 27.6 Å². The van der Waals surface area contributed by atoms with Crippen molar-refractivity contribution in [3.63, 3.8) is 0 Å². The van der Waals surface area contributed by atoms with Crippen molar-refractivity contribution in [1.82, 2.24) is 50.4 Å². The van der Waals surface area contributed by atoms with Crippen molar-refractivity contribution in [2.24, 2.45) is 21.7 Å². The Labute approximate surface area is 224 Å². The molecule has 0 aromatic carbocycles. The van der Waals surface area contributed by atoms with E-state index in [-0.39, 0.29) is 10.8 Å². The zero-order valence-electron chi connectivity index (χ0n) is 25.2. The molecule has 0 aliphatic rings. The molecule has 3 rings (SSSR count). The molecular weight excluding hydrogens is 464 g/mol. The van der Waals surface area contributed by atoms with E-state index in [0.29, 0.717) is 10.8 Å². The number of H-pyrrole nitrogens is 1. The number of tetrazole rings is 1. The molecule has 3 heterocycles. The van der Waals surface area contributed by atoms with Crippen molar-refractivity contribution in [1.29, 1.82) is 0 Å².